The minimum absolute atomic E-state index is 0.368. The molecule has 0 spiro atoms. The molecule has 1 aliphatic rings. The van der Waals surface area contributed by atoms with Gasteiger partial charge in [-0.1, -0.05) is 40.5 Å². The highest BCUT2D eigenvalue weighted by Crippen LogP contribution is 2.27. The first-order valence-corrected chi connectivity index (χ1v) is 7.93. The van der Waals surface area contributed by atoms with Crippen LogP contribution in [0, 0.1) is 0 Å². The van der Waals surface area contributed by atoms with Gasteiger partial charge in [-0.2, -0.15) is 0 Å². The molecule has 0 aromatic heterocycles. The molecule has 2 aromatic rings. The Morgan fingerprint density at radius 3 is 2.50 bits per heavy atom. The first-order chi connectivity index (χ1) is 11.5. The van der Waals surface area contributed by atoms with Gasteiger partial charge in [-0.25, -0.2) is 4.79 Å². The van der Waals surface area contributed by atoms with Crippen LogP contribution in [-0.2, 0) is 16.2 Å². The molecule has 0 N–H and O–H groups in total. The molecule has 122 valence electrons. The fourth-order valence-electron chi connectivity index (χ4n) is 2.18. The molecule has 3 rings (SSSR count). The standard InChI is InChI=1S/C18H13Cl2NO3/c1-11-16(18(22)24-21-11)9-13-8-15(20)6-7-17(13)23-10-12-2-4-14(19)5-3-12/h2-9H,10H2,1H3/b16-9+. The minimum Gasteiger partial charge on any atom is -0.488 e. The number of hydrogen-bond donors (Lipinski definition) is 0. The zero-order valence-corrected chi connectivity index (χ0v) is 14.3. The SMILES string of the molecule is CC1=NOC(=O)/C1=C/c1cc(Cl)ccc1OCc1ccc(Cl)cc1. The lowest BCUT2D eigenvalue weighted by molar-refractivity contribution is -0.136. The van der Waals surface area contributed by atoms with E-state index in [2.05, 4.69) is 9.99 Å². The van der Waals surface area contributed by atoms with Crippen molar-refractivity contribution in [1.29, 1.82) is 0 Å². The van der Waals surface area contributed by atoms with E-state index in [1.807, 2.05) is 12.1 Å². The Morgan fingerprint density at radius 1 is 1.12 bits per heavy atom. The van der Waals surface area contributed by atoms with Gasteiger partial charge in [0.1, 0.15) is 12.4 Å². The molecule has 6 heteroatoms. The van der Waals surface area contributed by atoms with Crippen molar-refractivity contribution in [2.24, 2.45) is 5.16 Å². The number of oxime groups is 1. The Bertz CT molecular complexity index is 842. The molecule has 0 saturated carbocycles. The lowest BCUT2D eigenvalue weighted by Crippen LogP contribution is -2.03. The van der Waals surface area contributed by atoms with Crippen molar-refractivity contribution in [3.63, 3.8) is 0 Å². The van der Waals surface area contributed by atoms with Gasteiger partial charge in [0.2, 0.25) is 0 Å². The van der Waals surface area contributed by atoms with Crippen molar-refractivity contribution in [3.05, 3.63) is 69.2 Å². The lowest BCUT2D eigenvalue weighted by atomic mass is 10.1. The third-order valence-corrected chi connectivity index (χ3v) is 3.94. The van der Waals surface area contributed by atoms with Crippen LogP contribution in [0.25, 0.3) is 6.08 Å². The molecular weight excluding hydrogens is 349 g/mol. The predicted molar refractivity (Wildman–Crippen MR) is 94.4 cm³/mol. The molecule has 2 aromatic carbocycles. The maximum Gasteiger partial charge on any atom is 0.367 e. The molecule has 1 heterocycles. The van der Waals surface area contributed by atoms with Crippen LogP contribution < -0.4 is 4.74 Å². The Balaban J connectivity index is 1.86. The van der Waals surface area contributed by atoms with E-state index in [1.165, 1.54) is 0 Å². The summed E-state index contributed by atoms with van der Waals surface area (Å²) in [4.78, 5) is 16.4. The van der Waals surface area contributed by atoms with Crippen LogP contribution in [0.1, 0.15) is 18.1 Å². The van der Waals surface area contributed by atoms with Crippen LogP contribution in [0.5, 0.6) is 5.75 Å². The van der Waals surface area contributed by atoms with Crippen LogP contribution in [-0.4, -0.2) is 11.7 Å². The van der Waals surface area contributed by atoms with Crippen molar-refractivity contribution in [2.75, 3.05) is 0 Å². The van der Waals surface area contributed by atoms with Crippen molar-refractivity contribution >= 4 is 41.0 Å². The Labute approximate surface area is 149 Å². The smallest absolute Gasteiger partial charge is 0.367 e. The van der Waals surface area contributed by atoms with Gasteiger partial charge in [0.25, 0.3) is 0 Å². The second kappa shape index (κ2) is 7.07. The van der Waals surface area contributed by atoms with E-state index in [0.29, 0.717) is 39.2 Å². The summed E-state index contributed by atoms with van der Waals surface area (Å²) in [7, 11) is 0. The average molecular weight is 362 g/mol. The van der Waals surface area contributed by atoms with E-state index in [9.17, 15) is 4.79 Å². The van der Waals surface area contributed by atoms with Gasteiger partial charge in [-0.15, -0.1) is 0 Å². The zero-order chi connectivity index (χ0) is 17.1. The van der Waals surface area contributed by atoms with Crippen LogP contribution >= 0.6 is 23.2 Å². The maximum absolute atomic E-state index is 11.7. The summed E-state index contributed by atoms with van der Waals surface area (Å²) < 4.78 is 5.86. The minimum atomic E-state index is -0.490. The number of benzene rings is 2. The Kier molecular flexibility index (Phi) is 4.88. The highest BCUT2D eigenvalue weighted by Gasteiger charge is 2.22. The molecule has 1 aliphatic heterocycles. The topological polar surface area (TPSA) is 47.9 Å². The van der Waals surface area contributed by atoms with Crippen LogP contribution in [0.4, 0.5) is 0 Å². The largest absolute Gasteiger partial charge is 0.488 e. The molecule has 24 heavy (non-hydrogen) atoms. The quantitative estimate of drug-likeness (QED) is 0.575. The fraction of sp³-hybridized carbons (Fsp3) is 0.111. The fourth-order valence-corrected chi connectivity index (χ4v) is 2.49. The summed E-state index contributed by atoms with van der Waals surface area (Å²) in [5.41, 5.74) is 2.56. The number of nitrogens with zero attached hydrogens (tertiary/aromatic N) is 1. The van der Waals surface area contributed by atoms with E-state index in [-0.39, 0.29) is 0 Å². The summed E-state index contributed by atoms with van der Waals surface area (Å²) in [6, 6.07) is 12.6. The van der Waals surface area contributed by atoms with Crippen LogP contribution in [0.2, 0.25) is 10.0 Å². The molecular formula is C18H13Cl2NO3. The molecule has 0 atom stereocenters. The molecule has 0 fully saturated rings. The third kappa shape index (κ3) is 3.78. The Hall–Kier alpha value is -2.30. The van der Waals surface area contributed by atoms with E-state index < -0.39 is 5.97 Å². The third-order valence-electron chi connectivity index (χ3n) is 3.45. The molecule has 0 radical (unpaired) electrons. The van der Waals surface area contributed by atoms with Crippen LogP contribution in [0.3, 0.4) is 0 Å². The van der Waals surface area contributed by atoms with Gasteiger partial charge in [-0.05, 0) is 48.9 Å². The van der Waals surface area contributed by atoms with Gasteiger partial charge >= 0.3 is 5.97 Å². The van der Waals surface area contributed by atoms with E-state index in [4.69, 9.17) is 27.9 Å². The number of rotatable bonds is 4. The molecule has 0 unspecified atom stereocenters. The monoisotopic (exact) mass is 361 g/mol. The predicted octanol–water partition coefficient (Wildman–Crippen LogP) is 4.89. The summed E-state index contributed by atoms with van der Waals surface area (Å²) in [5.74, 6) is 0.116. The summed E-state index contributed by atoms with van der Waals surface area (Å²) in [6.07, 6.45) is 1.66. The summed E-state index contributed by atoms with van der Waals surface area (Å²) in [6.45, 7) is 2.07. The average Bonchev–Trinajstić information content (AvgIpc) is 2.88. The molecule has 0 bridgehead atoms. The van der Waals surface area contributed by atoms with Crippen molar-refractivity contribution < 1.29 is 14.4 Å². The first kappa shape index (κ1) is 16.6. The first-order valence-electron chi connectivity index (χ1n) is 7.18. The number of carbonyl (C=O) groups is 1. The normalized spacial score (nSPS) is 15.4. The highest BCUT2D eigenvalue weighted by atomic mass is 35.5. The van der Waals surface area contributed by atoms with Crippen molar-refractivity contribution in [3.8, 4) is 5.75 Å². The summed E-state index contributed by atoms with van der Waals surface area (Å²) in [5, 5.41) is 4.88. The Morgan fingerprint density at radius 2 is 1.83 bits per heavy atom. The van der Waals surface area contributed by atoms with Gasteiger partial charge in [0, 0.05) is 15.6 Å². The van der Waals surface area contributed by atoms with Crippen molar-refractivity contribution in [1.82, 2.24) is 0 Å². The van der Waals surface area contributed by atoms with Gasteiger partial charge in [0.15, 0.2) is 0 Å². The van der Waals surface area contributed by atoms with E-state index in [1.54, 1.807) is 43.3 Å². The second-order valence-electron chi connectivity index (χ2n) is 5.21. The van der Waals surface area contributed by atoms with Gasteiger partial charge < -0.3 is 9.57 Å². The molecule has 0 amide bonds. The zero-order valence-electron chi connectivity index (χ0n) is 12.8. The number of halogens is 2. The number of hydrogen-bond acceptors (Lipinski definition) is 4. The van der Waals surface area contributed by atoms with Gasteiger partial charge in [-0.3, -0.25) is 0 Å². The van der Waals surface area contributed by atoms with Crippen LogP contribution in [0.15, 0.2) is 53.2 Å². The van der Waals surface area contributed by atoms with Gasteiger partial charge in [0.05, 0.1) is 11.3 Å². The molecule has 0 saturated heterocycles. The lowest BCUT2D eigenvalue weighted by Gasteiger charge is -2.10. The summed E-state index contributed by atoms with van der Waals surface area (Å²) >= 11 is 11.9. The maximum atomic E-state index is 11.7. The highest BCUT2D eigenvalue weighted by molar-refractivity contribution is 6.31. The molecule has 0 aliphatic carbocycles. The van der Waals surface area contributed by atoms with E-state index >= 15 is 0 Å². The number of ether oxygens (including phenoxy) is 1. The molecule has 4 nitrogen and oxygen atoms in total. The number of carbonyl (C=O) groups excluding carboxylic acids is 1. The second-order valence-corrected chi connectivity index (χ2v) is 6.08. The van der Waals surface area contributed by atoms with E-state index in [0.717, 1.165) is 5.56 Å². The van der Waals surface area contributed by atoms with Crippen molar-refractivity contribution in [2.45, 2.75) is 13.5 Å².